The van der Waals surface area contributed by atoms with Crippen LogP contribution in [0.1, 0.15) is 36.8 Å². The predicted molar refractivity (Wildman–Crippen MR) is 134 cm³/mol. The van der Waals surface area contributed by atoms with Crippen LogP contribution in [0.25, 0.3) is 11.3 Å². The van der Waals surface area contributed by atoms with E-state index in [4.69, 9.17) is 0 Å². The third-order valence-electron chi connectivity index (χ3n) is 7.18. The first-order valence-corrected chi connectivity index (χ1v) is 13.6. The molecule has 1 aromatic carbocycles. The zero-order valence-corrected chi connectivity index (χ0v) is 21.1. The molecule has 0 radical (unpaired) electrons. The molecule has 2 aliphatic heterocycles. The molecule has 8 nitrogen and oxygen atoms in total. The van der Waals surface area contributed by atoms with Crippen molar-refractivity contribution in [3.05, 3.63) is 65.7 Å². The lowest BCUT2D eigenvalue weighted by Gasteiger charge is -2.36. The summed E-state index contributed by atoms with van der Waals surface area (Å²) in [5.74, 6) is -1.37. The molecule has 0 aliphatic carbocycles. The largest absolute Gasteiger partial charge is 0.481 e. The number of sulfonamides is 1. The number of aryl methyl sites for hydroxylation is 1. The maximum Gasteiger partial charge on any atom is 0.418 e. The number of aromatic nitrogens is 2. The van der Waals surface area contributed by atoms with Gasteiger partial charge in [-0.15, -0.1) is 0 Å². The van der Waals surface area contributed by atoms with Crippen molar-refractivity contribution >= 4 is 27.6 Å². The first-order chi connectivity index (χ1) is 18.0. The third kappa shape index (κ3) is 4.80. The summed E-state index contributed by atoms with van der Waals surface area (Å²) in [5, 5.41) is 9.29. The Morgan fingerprint density at radius 2 is 1.82 bits per heavy atom. The highest BCUT2D eigenvalue weighted by Gasteiger charge is 2.47. The summed E-state index contributed by atoms with van der Waals surface area (Å²) >= 11 is 0. The van der Waals surface area contributed by atoms with Crippen LogP contribution in [0, 0.1) is 12.8 Å². The smallest absolute Gasteiger partial charge is 0.418 e. The number of carbonyl (C=O) groups is 1. The fourth-order valence-corrected chi connectivity index (χ4v) is 6.45. The fraction of sp³-hybridized carbons (Fsp3) is 0.346. The van der Waals surface area contributed by atoms with Gasteiger partial charge in [-0.3, -0.25) is 9.52 Å². The first kappa shape index (κ1) is 26.0. The van der Waals surface area contributed by atoms with E-state index in [-0.39, 0.29) is 34.2 Å². The van der Waals surface area contributed by atoms with Gasteiger partial charge in [0.2, 0.25) is 0 Å². The van der Waals surface area contributed by atoms with Crippen molar-refractivity contribution in [1.29, 1.82) is 0 Å². The molecule has 2 saturated heterocycles. The van der Waals surface area contributed by atoms with Crippen molar-refractivity contribution in [3.63, 3.8) is 0 Å². The number of carboxylic acid groups (broad SMARTS) is 1. The number of rotatable bonds is 6. The van der Waals surface area contributed by atoms with E-state index in [0.29, 0.717) is 24.2 Å². The zero-order valence-electron chi connectivity index (χ0n) is 20.3. The Bertz CT molecular complexity index is 1500. The molecule has 5 rings (SSSR count). The highest BCUT2D eigenvalue weighted by molar-refractivity contribution is 7.92. The van der Waals surface area contributed by atoms with E-state index in [9.17, 15) is 31.5 Å². The Morgan fingerprint density at radius 1 is 1.05 bits per heavy atom. The van der Waals surface area contributed by atoms with Crippen molar-refractivity contribution in [3.8, 4) is 11.3 Å². The number of fused-ring (bicyclic) bond motifs is 2. The molecule has 4 heterocycles. The Morgan fingerprint density at radius 3 is 2.53 bits per heavy atom. The summed E-state index contributed by atoms with van der Waals surface area (Å²) in [6, 6.07) is 12.3. The number of nitrogens with one attached hydrogen (secondary N) is 1. The lowest BCUT2D eigenvalue weighted by atomic mass is 9.98. The average molecular weight is 547 g/mol. The van der Waals surface area contributed by atoms with Crippen molar-refractivity contribution in [2.75, 3.05) is 9.62 Å². The number of nitrogens with zero attached hydrogens (tertiary/aromatic N) is 3. The molecule has 38 heavy (non-hydrogen) atoms. The van der Waals surface area contributed by atoms with E-state index in [1.165, 1.54) is 18.2 Å². The van der Waals surface area contributed by atoms with E-state index < -0.39 is 33.7 Å². The Labute approximate surface area is 217 Å². The quantitative estimate of drug-likeness (QED) is 0.442. The maximum absolute atomic E-state index is 13.7. The third-order valence-corrected chi connectivity index (χ3v) is 8.44. The molecule has 2 bridgehead atoms. The molecular weight excluding hydrogens is 521 g/mol. The molecule has 3 aromatic rings. The van der Waals surface area contributed by atoms with Gasteiger partial charge in [-0.2, -0.15) is 21.6 Å². The number of carboxylic acids is 1. The molecule has 3 atom stereocenters. The molecule has 0 spiro atoms. The van der Waals surface area contributed by atoms with Gasteiger partial charge in [-0.05, 0) is 62.4 Å². The Kier molecular flexibility index (Phi) is 6.54. The molecule has 3 unspecified atom stereocenters. The van der Waals surface area contributed by atoms with E-state index in [1.54, 1.807) is 31.2 Å². The minimum absolute atomic E-state index is 0.0542. The van der Waals surface area contributed by atoms with Crippen LogP contribution in [0.5, 0.6) is 0 Å². The molecule has 0 saturated carbocycles. The van der Waals surface area contributed by atoms with Crippen LogP contribution < -0.4 is 9.62 Å². The van der Waals surface area contributed by atoms with Gasteiger partial charge in [0.25, 0.3) is 10.0 Å². The Balaban J connectivity index is 1.48. The number of halogens is 3. The summed E-state index contributed by atoms with van der Waals surface area (Å²) in [4.78, 5) is 22.0. The number of piperidine rings is 1. The normalized spacial score (nSPS) is 21.4. The fourth-order valence-electron chi connectivity index (χ4n) is 5.49. The number of aliphatic carboxylic acids is 1. The molecule has 12 heteroatoms. The second kappa shape index (κ2) is 9.57. The van der Waals surface area contributed by atoms with Crippen LogP contribution in [0.3, 0.4) is 0 Å². The highest BCUT2D eigenvalue weighted by atomic mass is 32.2. The van der Waals surface area contributed by atoms with Gasteiger partial charge in [0.15, 0.2) is 5.03 Å². The molecule has 2 aliphatic rings. The van der Waals surface area contributed by atoms with E-state index in [0.717, 1.165) is 25.0 Å². The summed E-state index contributed by atoms with van der Waals surface area (Å²) in [7, 11) is -4.32. The van der Waals surface area contributed by atoms with Crippen LogP contribution in [-0.2, 0) is 21.0 Å². The van der Waals surface area contributed by atoms with Crippen molar-refractivity contribution in [2.45, 2.75) is 55.9 Å². The molecule has 2 aromatic heterocycles. The Hall–Kier alpha value is -3.67. The molecule has 2 fully saturated rings. The van der Waals surface area contributed by atoms with Crippen LogP contribution in [0.4, 0.5) is 24.8 Å². The van der Waals surface area contributed by atoms with E-state index in [1.807, 2.05) is 4.90 Å². The molecule has 2 N–H and O–H groups in total. The van der Waals surface area contributed by atoms with Crippen LogP contribution in [-0.4, -0.2) is 41.5 Å². The summed E-state index contributed by atoms with van der Waals surface area (Å²) in [6.45, 7) is 1.64. The number of hydrogen-bond acceptors (Lipinski definition) is 6. The number of hydrogen-bond donors (Lipinski definition) is 2. The topological polar surface area (TPSA) is 112 Å². The second-order valence-corrected chi connectivity index (χ2v) is 11.2. The lowest BCUT2D eigenvalue weighted by Crippen LogP contribution is -2.42. The van der Waals surface area contributed by atoms with Crippen molar-refractivity contribution in [1.82, 2.24) is 9.97 Å². The van der Waals surface area contributed by atoms with Gasteiger partial charge in [0.05, 0.1) is 17.2 Å². The number of anilines is 2. The average Bonchev–Trinajstić information content (AvgIpc) is 3.08. The van der Waals surface area contributed by atoms with Crippen LogP contribution in [0.2, 0.25) is 0 Å². The standard InChI is InChI=1S/C26H25F3N4O4S/c1-15-6-2-3-8-17(15)24-19(26(27,28)29)12-13-21(30-24)32-38(36,37)23-11-5-10-22(31-23)33-16-7-4-9-20(33)18(14-16)25(34)35/h2-3,5-6,8,10-13,16,18,20H,4,7,9,14H2,1H3,(H,30,32)(H,34,35). The van der Waals surface area contributed by atoms with Gasteiger partial charge in [0.1, 0.15) is 11.6 Å². The zero-order chi connectivity index (χ0) is 27.2. The van der Waals surface area contributed by atoms with Gasteiger partial charge in [-0.1, -0.05) is 30.3 Å². The van der Waals surface area contributed by atoms with Crippen molar-refractivity contribution < 1.29 is 31.5 Å². The first-order valence-electron chi connectivity index (χ1n) is 12.1. The van der Waals surface area contributed by atoms with Gasteiger partial charge in [-0.25, -0.2) is 9.97 Å². The number of alkyl halides is 3. The van der Waals surface area contributed by atoms with Crippen molar-refractivity contribution in [2.24, 2.45) is 5.92 Å². The minimum atomic E-state index is -4.69. The second-order valence-electron chi connectivity index (χ2n) is 9.58. The summed E-state index contributed by atoms with van der Waals surface area (Å²) in [6.07, 6.45) is -1.89. The molecule has 0 amide bonds. The SMILES string of the molecule is Cc1ccccc1-c1nc(NS(=O)(=O)c2cccc(N3C4CCCC3C(C(=O)O)C4)n2)ccc1C(F)(F)F. The van der Waals surface area contributed by atoms with Gasteiger partial charge >= 0.3 is 12.1 Å². The number of benzene rings is 1. The van der Waals surface area contributed by atoms with Crippen LogP contribution >= 0.6 is 0 Å². The maximum atomic E-state index is 13.7. The monoisotopic (exact) mass is 546 g/mol. The van der Waals surface area contributed by atoms with E-state index >= 15 is 0 Å². The molecule has 200 valence electrons. The van der Waals surface area contributed by atoms with Crippen LogP contribution in [0.15, 0.2) is 59.6 Å². The minimum Gasteiger partial charge on any atom is -0.481 e. The predicted octanol–water partition coefficient (Wildman–Crippen LogP) is 5.10. The summed E-state index contributed by atoms with van der Waals surface area (Å²) in [5.41, 5.74) is -0.587. The van der Waals surface area contributed by atoms with Gasteiger partial charge < -0.3 is 10.0 Å². The van der Waals surface area contributed by atoms with Gasteiger partial charge in [0, 0.05) is 17.6 Å². The number of pyridine rings is 2. The van der Waals surface area contributed by atoms with E-state index in [2.05, 4.69) is 14.7 Å². The lowest BCUT2D eigenvalue weighted by molar-refractivity contribution is -0.142. The summed E-state index contributed by atoms with van der Waals surface area (Å²) < 4.78 is 69.9. The molecular formula is C26H25F3N4O4S. The highest BCUT2D eigenvalue weighted by Crippen LogP contribution is 2.42.